The van der Waals surface area contributed by atoms with Crippen LogP contribution in [-0.4, -0.2) is 31.4 Å². The standard InChI is InChI=1S/C22H20N2O2S.C18H16ClNO2S/c1-3-17-7-9-18(10-8-17)27(25,26)21-15-23-20-11-6-16(2)14-19(20)22(21)24-12-4-5-13-24;1-3-13-5-7-14(8-6-13)23(21,22)17-11-20-16-9-4-12(2)10-15(16)18(17)19/h4-15H,3H2,1-2H3;4-11H,3H2,1-2H3. The molecule has 0 aliphatic rings. The van der Waals surface area contributed by atoms with Gasteiger partial charge in [0.2, 0.25) is 19.7 Å². The minimum atomic E-state index is -3.71. The lowest BCUT2D eigenvalue weighted by Crippen LogP contribution is -2.09. The number of benzene rings is 4. The zero-order chi connectivity index (χ0) is 35.6. The summed E-state index contributed by atoms with van der Waals surface area (Å²) in [6, 6.07) is 29.2. The maximum atomic E-state index is 13.4. The third-order valence-electron chi connectivity index (χ3n) is 8.61. The Labute approximate surface area is 298 Å². The van der Waals surface area contributed by atoms with E-state index in [1.165, 1.54) is 12.4 Å². The summed E-state index contributed by atoms with van der Waals surface area (Å²) >= 11 is 6.39. The van der Waals surface area contributed by atoms with Crippen LogP contribution in [0, 0.1) is 13.8 Å². The fourth-order valence-corrected chi connectivity index (χ4v) is 8.93. The van der Waals surface area contributed by atoms with Crippen LogP contribution < -0.4 is 0 Å². The molecule has 3 aromatic heterocycles. The zero-order valence-electron chi connectivity index (χ0n) is 28.1. The second kappa shape index (κ2) is 14.2. The highest BCUT2D eigenvalue weighted by molar-refractivity contribution is 7.92. The Morgan fingerprint density at radius 2 is 1.04 bits per heavy atom. The molecule has 0 saturated heterocycles. The van der Waals surface area contributed by atoms with Gasteiger partial charge >= 0.3 is 0 Å². The van der Waals surface area contributed by atoms with Crippen molar-refractivity contribution in [1.29, 1.82) is 0 Å². The number of hydrogen-bond acceptors (Lipinski definition) is 6. The molecule has 0 atom stereocenters. The molecule has 0 bridgehead atoms. The van der Waals surface area contributed by atoms with Gasteiger partial charge in [-0.3, -0.25) is 9.97 Å². The molecule has 0 amide bonds. The van der Waals surface area contributed by atoms with Crippen molar-refractivity contribution >= 4 is 53.1 Å². The van der Waals surface area contributed by atoms with Gasteiger partial charge < -0.3 is 4.57 Å². The summed E-state index contributed by atoms with van der Waals surface area (Å²) in [6.45, 7) is 7.99. The number of nitrogens with zero attached hydrogens (tertiary/aromatic N) is 3. The van der Waals surface area contributed by atoms with Gasteiger partial charge in [0.15, 0.2) is 0 Å². The maximum Gasteiger partial charge on any atom is 0.210 e. The molecule has 7 nitrogen and oxygen atoms in total. The number of halogens is 1. The van der Waals surface area contributed by atoms with E-state index in [2.05, 4.69) is 9.97 Å². The fourth-order valence-electron chi connectivity index (χ4n) is 5.73. The number of sulfone groups is 2. The molecule has 254 valence electrons. The van der Waals surface area contributed by atoms with E-state index in [-0.39, 0.29) is 24.6 Å². The fraction of sp³-hybridized carbons (Fsp3) is 0.150. The zero-order valence-corrected chi connectivity index (χ0v) is 30.5. The van der Waals surface area contributed by atoms with Crippen molar-refractivity contribution in [3.05, 3.63) is 149 Å². The first-order chi connectivity index (χ1) is 23.9. The van der Waals surface area contributed by atoms with Crippen molar-refractivity contribution in [2.75, 3.05) is 0 Å². The smallest absolute Gasteiger partial charge is 0.210 e. The van der Waals surface area contributed by atoms with Gasteiger partial charge in [0.1, 0.15) is 9.79 Å². The summed E-state index contributed by atoms with van der Waals surface area (Å²) in [5.74, 6) is 0. The molecule has 0 spiro atoms. The van der Waals surface area contributed by atoms with Gasteiger partial charge in [0, 0.05) is 35.6 Å². The summed E-state index contributed by atoms with van der Waals surface area (Å²) < 4.78 is 54.4. The minimum Gasteiger partial charge on any atom is -0.322 e. The van der Waals surface area contributed by atoms with Crippen LogP contribution in [0.5, 0.6) is 0 Å². The third kappa shape index (κ3) is 6.81. The van der Waals surface area contributed by atoms with Crippen molar-refractivity contribution in [2.45, 2.75) is 60.1 Å². The Morgan fingerprint density at radius 1 is 0.600 bits per heavy atom. The summed E-state index contributed by atoms with van der Waals surface area (Å²) in [5.41, 5.74) is 6.33. The Bertz CT molecular complexity index is 2550. The molecule has 4 aromatic carbocycles. The molecule has 0 radical (unpaired) electrons. The van der Waals surface area contributed by atoms with Gasteiger partial charge in [-0.1, -0.05) is 73.0 Å². The lowest BCUT2D eigenvalue weighted by molar-refractivity contribution is 0.594. The highest BCUT2D eigenvalue weighted by Gasteiger charge is 2.25. The van der Waals surface area contributed by atoms with E-state index in [1.54, 1.807) is 24.3 Å². The van der Waals surface area contributed by atoms with Gasteiger partial charge in [-0.05, 0) is 98.5 Å². The Balaban J connectivity index is 0.000000175. The molecule has 3 heterocycles. The van der Waals surface area contributed by atoms with Gasteiger partial charge in [-0.25, -0.2) is 16.8 Å². The number of fused-ring (bicyclic) bond motifs is 2. The molecule has 7 rings (SSSR count). The Kier molecular flexibility index (Phi) is 9.94. The van der Waals surface area contributed by atoms with Crippen molar-refractivity contribution in [3.8, 4) is 5.69 Å². The van der Waals surface area contributed by atoms with Crippen LogP contribution in [0.25, 0.3) is 27.5 Å². The topological polar surface area (TPSA) is 99.0 Å². The van der Waals surface area contributed by atoms with Crippen LogP contribution in [0.15, 0.2) is 141 Å². The third-order valence-corrected chi connectivity index (χ3v) is 12.7. The number of aryl methyl sites for hydroxylation is 4. The number of rotatable bonds is 7. The van der Waals surface area contributed by atoms with Crippen molar-refractivity contribution < 1.29 is 16.8 Å². The van der Waals surface area contributed by atoms with Crippen LogP contribution in [0.1, 0.15) is 36.1 Å². The SMILES string of the molecule is CCc1ccc(S(=O)(=O)c2cnc3ccc(C)cc3c2-n2cccc2)cc1.CCc1ccc(S(=O)(=O)c2cnc3ccc(C)cc3c2Cl)cc1. The molecule has 0 fully saturated rings. The van der Waals surface area contributed by atoms with E-state index in [0.29, 0.717) is 16.6 Å². The first-order valence-corrected chi connectivity index (χ1v) is 19.5. The van der Waals surface area contributed by atoms with Crippen LogP contribution in [0.2, 0.25) is 5.02 Å². The normalized spacial score (nSPS) is 11.8. The Morgan fingerprint density at radius 3 is 1.54 bits per heavy atom. The summed E-state index contributed by atoms with van der Waals surface area (Å²) in [5, 5.41) is 1.69. The van der Waals surface area contributed by atoms with E-state index in [1.807, 2.05) is 117 Å². The minimum absolute atomic E-state index is 0.0431. The van der Waals surface area contributed by atoms with Crippen LogP contribution >= 0.6 is 11.6 Å². The van der Waals surface area contributed by atoms with E-state index in [4.69, 9.17) is 11.6 Å². The molecule has 0 N–H and O–H groups in total. The molecular formula is C40H36ClN3O4S2. The molecule has 0 aliphatic heterocycles. The van der Waals surface area contributed by atoms with E-state index in [9.17, 15) is 16.8 Å². The van der Waals surface area contributed by atoms with Gasteiger partial charge in [0.25, 0.3) is 0 Å². The number of aromatic nitrogens is 3. The van der Waals surface area contributed by atoms with Crippen molar-refractivity contribution in [3.63, 3.8) is 0 Å². The highest BCUT2D eigenvalue weighted by atomic mass is 35.5. The summed E-state index contributed by atoms with van der Waals surface area (Å²) in [6.07, 6.45) is 8.25. The van der Waals surface area contributed by atoms with E-state index >= 15 is 0 Å². The predicted molar refractivity (Wildman–Crippen MR) is 200 cm³/mol. The first kappa shape index (κ1) is 35.0. The van der Waals surface area contributed by atoms with Crippen LogP contribution in [0.4, 0.5) is 0 Å². The summed E-state index contributed by atoms with van der Waals surface area (Å²) in [4.78, 5) is 9.43. The first-order valence-electron chi connectivity index (χ1n) is 16.2. The van der Waals surface area contributed by atoms with E-state index in [0.717, 1.165) is 46.0 Å². The largest absolute Gasteiger partial charge is 0.322 e. The van der Waals surface area contributed by atoms with Gasteiger partial charge in [-0.2, -0.15) is 0 Å². The molecule has 7 aromatic rings. The molecule has 0 aliphatic carbocycles. The summed E-state index contributed by atoms with van der Waals surface area (Å²) in [7, 11) is -7.40. The number of pyridine rings is 2. The highest BCUT2D eigenvalue weighted by Crippen LogP contribution is 2.34. The molecule has 0 unspecified atom stereocenters. The molecule has 10 heteroatoms. The van der Waals surface area contributed by atoms with Gasteiger partial charge in [-0.15, -0.1) is 0 Å². The predicted octanol–water partition coefficient (Wildman–Crippen LogP) is 9.32. The lowest BCUT2D eigenvalue weighted by Gasteiger charge is -2.15. The van der Waals surface area contributed by atoms with Crippen LogP contribution in [-0.2, 0) is 32.5 Å². The number of hydrogen-bond donors (Lipinski definition) is 0. The second-order valence-corrected chi connectivity index (χ2v) is 16.3. The molecule has 50 heavy (non-hydrogen) atoms. The van der Waals surface area contributed by atoms with E-state index < -0.39 is 19.7 Å². The monoisotopic (exact) mass is 721 g/mol. The average molecular weight is 722 g/mol. The van der Waals surface area contributed by atoms with Crippen molar-refractivity contribution in [2.24, 2.45) is 0 Å². The Hall–Kier alpha value is -4.83. The van der Waals surface area contributed by atoms with Crippen LogP contribution in [0.3, 0.4) is 0 Å². The lowest BCUT2D eigenvalue weighted by atomic mass is 10.1. The van der Waals surface area contributed by atoms with Crippen molar-refractivity contribution in [1.82, 2.24) is 14.5 Å². The quantitative estimate of drug-likeness (QED) is 0.163. The molecule has 0 saturated carbocycles. The molecular weight excluding hydrogens is 686 g/mol. The second-order valence-electron chi connectivity index (χ2n) is 12.0. The van der Waals surface area contributed by atoms with Gasteiger partial charge in [0.05, 0.1) is 31.5 Å². The average Bonchev–Trinajstić information content (AvgIpc) is 3.66. The maximum absolute atomic E-state index is 13.4.